The van der Waals surface area contributed by atoms with Crippen LogP contribution in [0, 0.1) is 5.92 Å². The molecular formula is C13H22N2O3S. The normalized spacial score (nSPS) is 11.8. The molecule has 1 aromatic rings. The van der Waals surface area contributed by atoms with E-state index in [1.54, 1.807) is 18.3 Å². The van der Waals surface area contributed by atoms with Crippen LogP contribution in [-0.2, 0) is 14.6 Å². The number of aromatic nitrogens is 1. The summed E-state index contributed by atoms with van der Waals surface area (Å²) in [4.78, 5) is 4.26. The number of nitrogens with one attached hydrogen (secondary N) is 1. The van der Waals surface area contributed by atoms with Crippen LogP contribution >= 0.6 is 0 Å². The third kappa shape index (κ3) is 6.02. The molecule has 0 aliphatic heterocycles. The van der Waals surface area contributed by atoms with Crippen molar-refractivity contribution in [3.05, 3.63) is 18.3 Å². The van der Waals surface area contributed by atoms with E-state index >= 15 is 0 Å². The van der Waals surface area contributed by atoms with Crippen LogP contribution in [0.1, 0.15) is 20.3 Å². The lowest BCUT2D eigenvalue weighted by molar-refractivity contribution is 0.132. The first kappa shape index (κ1) is 15.9. The Morgan fingerprint density at radius 3 is 2.74 bits per heavy atom. The Morgan fingerprint density at radius 1 is 1.37 bits per heavy atom. The number of hydrogen-bond donors (Lipinski definition) is 1. The summed E-state index contributed by atoms with van der Waals surface area (Å²) in [6, 6.07) is 3.16. The predicted octanol–water partition coefficient (Wildman–Crippen LogP) is 1.96. The fourth-order valence-corrected chi connectivity index (χ4v) is 2.29. The van der Waals surface area contributed by atoms with Crippen LogP contribution in [0.4, 0.5) is 5.82 Å². The van der Waals surface area contributed by atoms with Crippen LogP contribution in [0.3, 0.4) is 0 Å². The van der Waals surface area contributed by atoms with E-state index in [1.165, 1.54) is 6.26 Å². The average molecular weight is 286 g/mol. The number of anilines is 1. The minimum Gasteiger partial charge on any atom is -0.380 e. The van der Waals surface area contributed by atoms with Crippen LogP contribution in [0.5, 0.6) is 0 Å². The zero-order chi connectivity index (χ0) is 14.3. The van der Waals surface area contributed by atoms with Crippen molar-refractivity contribution < 1.29 is 13.2 Å². The number of hydrogen-bond acceptors (Lipinski definition) is 5. The molecule has 0 unspecified atom stereocenters. The molecule has 0 radical (unpaired) electrons. The maximum Gasteiger partial charge on any atom is 0.179 e. The number of ether oxygens (including phenoxy) is 1. The van der Waals surface area contributed by atoms with E-state index in [1.807, 2.05) is 0 Å². The molecule has 1 aromatic heterocycles. The van der Waals surface area contributed by atoms with Crippen LogP contribution in [0.15, 0.2) is 23.2 Å². The smallest absolute Gasteiger partial charge is 0.179 e. The highest BCUT2D eigenvalue weighted by Gasteiger charge is 2.13. The summed E-state index contributed by atoms with van der Waals surface area (Å²) in [5.41, 5.74) is 0. The van der Waals surface area contributed by atoms with Gasteiger partial charge in [0, 0.05) is 25.6 Å². The Balaban J connectivity index is 2.42. The van der Waals surface area contributed by atoms with Crippen molar-refractivity contribution in [3.63, 3.8) is 0 Å². The Hall–Kier alpha value is -1.14. The second-order valence-corrected chi connectivity index (χ2v) is 6.83. The summed E-state index contributed by atoms with van der Waals surface area (Å²) < 4.78 is 28.6. The molecule has 0 saturated heterocycles. The van der Waals surface area contributed by atoms with Gasteiger partial charge in [0.05, 0.1) is 6.61 Å². The maximum atomic E-state index is 11.6. The van der Waals surface area contributed by atoms with E-state index in [4.69, 9.17) is 4.74 Å². The highest BCUT2D eigenvalue weighted by atomic mass is 32.2. The Morgan fingerprint density at radius 2 is 2.11 bits per heavy atom. The van der Waals surface area contributed by atoms with E-state index in [9.17, 15) is 8.42 Å². The van der Waals surface area contributed by atoms with Crippen molar-refractivity contribution in [3.8, 4) is 0 Å². The molecule has 1 rings (SSSR count). The highest BCUT2D eigenvalue weighted by Crippen LogP contribution is 2.17. The minimum atomic E-state index is -3.26. The largest absolute Gasteiger partial charge is 0.380 e. The van der Waals surface area contributed by atoms with Gasteiger partial charge in [-0.25, -0.2) is 13.4 Å². The van der Waals surface area contributed by atoms with Crippen molar-refractivity contribution in [1.29, 1.82) is 0 Å². The van der Waals surface area contributed by atoms with Gasteiger partial charge in [0.15, 0.2) is 9.84 Å². The third-order valence-electron chi connectivity index (χ3n) is 2.55. The quantitative estimate of drug-likeness (QED) is 0.740. The Labute approximate surface area is 115 Å². The van der Waals surface area contributed by atoms with Gasteiger partial charge in [-0.2, -0.15) is 0 Å². The molecule has 19 heavy (non-hydrogen) atoms. The molecule has 1 heterocycles. The molecule has 1 N–H and O–H groups in total. The standard InChI is InChI=1S/C13H22N2O3S/c1-11(2)6-9-18-10-8-15-13-12(19(3,16)17)5-4-7-14-13/h4-5,7,11H,6,8-10H2,1-3H3,(H,14,15). The number of nitrogens with zero attached hydrogens (tertiary/aromatic N) is 1. The van der Waals surface area contributed by atoms with Crippen LogP contribution in [0.2, 0.25) is 0 Å². The van der Waals surface area contributed by atoms with E-state index < -0.39 is 9.84 Å². The molecule has 6 heteroatoms. The molecule has 108 valence electrons. The van der Waals surface area contributed by atoms with Crippen LogP contribution in [-0.4, -0.2) is 39.4 Å². The van der Waals surface area contributed by atoms with Gasteiger partial charge in [-0.1, -0.05) is 13.8 Å². The Kier molecular flexibility index (Phi) is 6.24. The summed E-state index contributed by atoms with van der Waals surface area (Å²) in [5.74, 6) is 1.01. The molecular weight excluding hydrogens is 264 g/mol. The third-order valence-corrected chi connectivity index (χ3v) is 3.68. The predicted molar refractivity (Wildman–Crippen MR) is 76.1 cm³/mol. The van der Waals surface area contributed by atoms with Gasteiger partial charge in [0.2, 0.25) is 0 Å². The molecule has 0 fully saturated rings. The summed E-state index contributed by atoms with van der Waals surface area (Å²) in [5, 5.41) is 2.99. The van der Waals surface area contributed by atoms with Gasteiger partial charge < -0.3 is 10.1 Å². The molecule has 0 aliphatic carbocycles. The van der Waals surface area contributed by atoms with Crippen molar-refractivity contribution in [2.75, 3.05) is 31.3 Å². The molecule has 5 nitrogen and oxygen atoms in total. The number of sulfone groups is 1. The first-order valence-corrected chi connectivity index (χ1v) is 8.27. The van der Waals surface area contributed by atoms with Gasteiger partial charge >= 0.3 is 0 Å². The van der Waals surface area contributed by atoms with Gasteiger partial charge in [-0.3, -0.25) is 0 Å². The fourth-order valence-electron chi connectivity index (χ4n) is 1.49. The summed E-state index contributed by atoms with van der Waals surface area (Å²) in [6.07, 6.45) is 3.77. The molecule has 0 saturated carbocycles. The molecule has 0 spiro atoms. The van der Waals surface area contributed by atoms with Crippen molar-refractivity contribution in [2.24, 2.45) is 5.92 Å². The van der Waals surface area contributed by atoms with E-state index in [2.05, 4.69) is 24.1 Å². The van der Waals surface area contributed by atoms with Gasteiger partial charge in [-0.15, -0.1) is 0 Å². The monoisotopic (exact) mass is 286 g/mol. The highest BCUT2D eigenvalue weighted by molar-refractivity contribution is 7.90. The number of pyridine rings is 1. The molecule has 0 bridgehead atoms. The van der Waals surface area contributed by atoms with Gasteiger partial charge in [0.25, 0.3) is 0 Å². The van der Waals surface area contributed by atoms with E-state index in [0.29, 0.717) is 24.9 Å². The summed E-state index contributed by atoms with van der Waals surface area (Å²) in [6.45, 7) is 6.09. The number of rotatable bonds is 8. The first-order chi connectivity index (χ1) is 8.91. The van der Waals surface area contributed by atoms with Crippen molar-refractivity contribution in [2.45, 2.75) is 25.2 Å². The second kappa shape index (κ2) is 7.45. The zero-order valence-electron chi connectivity index (χ0n) is 11.7. The second-order valence-electron chi connectivity index (χ2n) is 4.84. The van der Waals surface area contributed by atoms with E-state index in [-0.39, 0.29) is 4.90 Å². The lowest BCUT2D eigenvalue weighted by Gasteiger charge is -2.10. The molecule has 0 atom stereocenters. The average Bonchev–Trinajstić information content (AvgIpc) is 2.32. The first-order valence-electron chi connectivity index (χ1n) is 6.38. The molecule has 0 amide bonds. The van der Waals surface area contributed by atoms with Crippen molar-refractivity contribution >= 4 is 15.7 Å². The van der Waals surface area contributed by atoms with Gasteiger partial charge in [0.1, 0.15) is 10.7 Å². The maximum absolute atomic E-state index is 11.6. The SMILES string of the molecule is CC(C)CCOCCNc1ncccc1S(C)(=O)=O. The molecule has 0 aliphatic rings. The van der Waals surface area contributed by atoms with Crippen LogP contribution < -0.4 is 5.32 Å². The lowest BCUT2D eigenvalue weighted by Crippen LogP contribution is -2.14. The Bertz CT molecular complexity index is 486. The zero-order valence-corrected chi connectivity index (χ0v) is 12.5. The lowest BCUT2D eigenvalue weighted by atomic mass is 10.1. The summed E-state index contributed by atoms with van der Waals surface area (Å²) >= 11 is 0. The van der Waals surface area contributed by atoms with E-state index in [0.717, 1.165) is 13.0 Å². The molecule has 0 aromatic carbocycles. The fraction of sp³-hybridized carbons (Fsp3) is 0.615. The minimum absolute atomic E-state index is 0.220. The van der Waals surface area contributed by atoms with Crippen LogP contribution in [0.25, 0.3) is 0 Å². The summed E-state index contributed by atoms with van der Waals surface area (Å²) in [7, 11) is -3.26. The topological polar surface area (TPSA) is 68.3 Å². The van der Waals surface area contributed by atoms with Crippen molar-refractivity contribution in [1.82, 2.24) is 4.98 Å². The van der Waals surface area contributed by atoms with Gasteiger partial charge in [-0.05, 0) is 24.5 Å².